The number of alkyl halides is 3. The average Bonchev–Trinajstić information content (AvgIpc) is 3.37. The predicted octanol–water partition coefficient (Wildman–Crippen LogP) is 4.60. The van der Waals surface area contributed by atoms with Crippen molar-refractivity contribution in [2.24, 2.45) is 7.05 Å². The van der Waals surface area contributed by atoms with Crippen LogP contribution < -0.4 is 21.3 Å². The van der Waals surface area contributed by atoms with Crippen molar-refractivity contribution >= 4 is 38.9 Å². The number of nitrogens with zero attached hydrogens (tertiary/aromatic N) is 4. The fraction of sp³-hybridized carbons (Fsp3) is 0.227. The molecule has 0 radical (unpaired) electrons. The van der Waals surface area contributed by atoms with Crippen LogP contribution in [0, 0.1) is 20.8 Å². The van der Waals surface area contributed by atoms with Gasteiger partial charge in [0.25, 0.3) is 5.91 Å². The zero-order chi connectivity index (χ0) is 24.8. The molecule has 4 rings (SSSR count). The van der Waals surface area contributed by atoms with Crippen LogP contribution in [-0.2, 0) is 13.2 Å². The van der Waals surface area contributed by atoms with Gasteiger partial charge in [0.05, 0.1) is 34.4 Å². The molecule has 3 aromatic rings. The molecule has 12 heteroatoms. The van der Waals surface area contributed by atoms with Gasteiger partial charge in [0, 0.05) is 40.9 Å². The van der Waals surface area contributed by atoms with Crippen molar-refractivity contribution < 1.29 is 18.0 Å². The smallest absolute Gasteiger partial charge is 0.322 e. The number of amides is 1. The molecule has 8 nitrogen and oxygen atoms in total. The van der Waals surface area contributed by atoms with Gasteiger partial charge in [0.1, 0.15) is 0 Å². The Bertz CT molecular complexity index is 1320. The topological polar surface area (TPSA) is 87.1 Å². The molecule has 0 saturated carbocycles. The van der Waals surface area contributed by atoms with E-state index in [4.69, 9.17) is 0 Å². The van der Waals surface area contributed by atoms with Crippen LogP contribution in [0.5, 0.6) is 0 Å². The monoisotopic (exact) mass is 535 g/mol. The number of aryl methyl sites for hydroxylation is 2. The van der Waals surface area contributed by atoms with Crippen LogP contribution >= 0.6 is 15.9 Å². The number of hydrogen-bond donors (Lipinski definition) is 3. The van der Waals surface area contributed by atoms with E-state index in [-0.39, 0.29) is 21.3 Å². The van der Waals surface area contributed by atoms with Crippen molar-refractivity contribution in [1.29, 1.82) is 0 Å². The molecule has 1 aliphatic rings. The molecule has 3 N–H and O–H groups in total. The fourth-order valence-electron chi connectivity index (χ4n) is 3.48. The number of nitrogens with one attached hydrogen (secondary N) is 3. The Hall–Kier alpha value is -3.38. The second-order valence-electron chi connectivity index (χ2n) is 7.83. The molecule has 178 valence electrons. The maximum atomic E-state index is 13.3. The summed E-state index contributed by atoms with van der Waals surface area (Å²) in [7, 11) is 1.85. The number of hydrazine groups is 2. The van der Waals surface area contributed by atoms with Gasteiger partial charge in [-0.1, -0.05) is 15.9 Å². The van der Waals surface area contributed by atoms with Crippen molar-refractivity contribution in [2.45, 2.75) is 26.9 Å². The highest BCUT2D eigenvalue weighted by Crippen LogP contribution is 2.37. The number of aromatic nitrogens is 3. The molecule has 0 fully saturated rings. The SMILES string of the molecule is Cc1ncc(C(=O)Nc2cc(Br)c(C)c(C(F)(F)F)c2)cc1N1C=C(c2cnn(C)c2C)NN1. The molecule has 2 aromatic heterocycles. The summed E-state index contributed by atoms with van der Waals surface area (Å²) in [5, 5.41) is 8.44. The van der Waals surface area contributed by atoms with E-state index in [1.54, 1.807) is 28.9 Å². The van der Waals surface area contributed by atoms with Crippen molar-refractivity contribution in [3.8, 4) is 0 Å². The molecule has 0 bridgehead atoms. The van der Waals surface area contributed by atoms with E-state index >= 15 is 0 Å². The largest absolute Gasteiger partial charge is 0.416 e. The van der Waals surface area contributed by atoms with Gasteiger partial charge >= 0.3 is 6.18 Å². The minimum absolute atomic E-state index is 0.0205. The number of pyridine rings is 1. The number of carbonyl (C=O) groups excluding carboxylic acids is 1. The van der Waals surface area contributed by atoms with E-state index in [9.17, 15) is 18.0 Å². The third-order valence-electron chi connectivity index (χ3n) is 5.58. The standard InChI is InChI=1S/C22H21BrF3N7O/c1-11-17(22(24,25)26)6-15(7-18(11)23)29-21(34)14-5-20(12(2)27-8-14)33-10-19(30-31-33)16-9-28-32(4)13(16)3/h5-10,30-31H,1-4H3,(H,29,34). The lowest BCUT2D eigenvalue weighted by atomic mass is 10.1. The highest BCUT2D eigenvalue weighted by Gasteiger charge is 2.33. The van der Waals surface area contributed by atoms with Gasteiger partial charge in [-0.05, 0) is 44.5 Å². The number of benzene rings is 1. The van der Waals surface area contributed by atoms with Crippen LogP contribution in [0.1, 0.15) is 38.4 Å². The summed E-state index contributed by atoms with van der Waals surface area (Å²) in [6.07, 6.45) is 0.379. The zero-order valence-electron chi connectivity index (χ0n) is 18.7. The van der Waals surface area contributed by atoms with Gasteiger partial charge in [-0.3, -0.25) is 19.5 Å². The third-order valence-corrected chi connectivity index (χ3v) is 6.41. The fourth-order valence-corrected chi connectivity index (χ4v) is 3.94. The van der Waals surface area contributed by atoms with Gasteiger partial charge in [-0.25, -0.2) is 0 Å². The second kappa shape index (κ2) is 8.76. The molecule has 34 heavy (non-hydrogen) atoms. The van der Waals surface area contributed by atoms with E-state index < -0.39 is 17.6 Å². The quantitative estimate of drug-likeness (QED) is 0.452. The van der Waals surface area contributed by atoms with Crippen LogP contribution in [0.3, 0.4) is 0 Å². The summed E-state index contributed by atoms with van der Waals surface area (Å²) in [5.41, 5.74) is 9.39. The molecule has 0 aliphatic carbocycles. The van der Waals surface area contributed by atoms with Gasteiger partial charge < -0.3 is 10.7 Å². The Morgan fingerprint density at radius 2 is 1.88 bits per heavy atom. The van der Waals surface area contributed by atoms with Crippen molar-refractivity contribution in [2.75, 3.05) is 10.3 Å². The minimum Gasteiger partial charge on any atom is -0.322 e. The van der Waals surface area contributed by atoms with E-state index in [0.29, 0.717) is 11.4 Å². The number of hydrogen-bond acceptors (Lipinski definition) is 6. The average molecular weight is 536 g/mol. The molecule has 3 heterocycles. The van der Waals surface area contributed by atoms with Gasteiger partial charge in [-0.15, -0.1) is 5.53 Å². The molecule has 0 saturated heterocycles. The van der Waals surface area contributed by atoms with Crippen LogP contribution in [0.2, 0.25) is 0 Å². The first-order chi connectivity index (χ1) is 16.0. The van der Waals surface area contributed by atoms with Gasteiger partial charge in [-0.2, -0.15) is 18.3 Å². The van der Waals surface area contributed by atoms with Crippen LogP contribution in [0.4, 0.5) is 24.5 Å². The molecule has 1 aliphatic heterocycles. The first-order valence-electron chi connectivity index (χ1n) is 10.1. The van der Waals surface area contributed by atoms with Crippen molar-refractivity contribution in [3.63, 3.8) is 0 Å². The number of rotatable bonds is 4. The second-order valence-corrected chi connectivity index (χ2v) is 8.68. The van der Waals surface area contributed by atoms with Crippen LogP contribution in [0.25, 0.3) is 5.70 Å². The summed E-state index contributed by atoms with van der Waals surface area (Å²) < 4.78 is 42.0. The summed E-state index contributed by atoms with van der Waals surface area (Å²) >= 11 is 3.13. The Morgan fingerprint density at radius 3 is 2.53 bits per heavy atom. The van der Waals surface area contributed by atoms with E-state index in [2.05, 4.69) is 42.3 Å². The van der Waals surface area contributed by atoms with E-state index in [0.717, 1.165) is 23.0 Å². The Balaban J connectivity index is 1.60. The Kier molecular flexibility index (Phi) is 6.13. The number of halogens is 4. The van der Waals surface area contributed by atoms with E-state index in [1.807, 2.05) is 20.2 Å². The Labute approximate surface area is 201 Å². The number of anilines is 2. The number of carbonyl (C=O) groups is 1. The molecule has 0 unspecified atom stereocenters. The molecular formula is C22H21BrF3N7O. The zero-order valence-corrected chi connectivity index (χ0v) is 20.3. The Morgan fingerprint density at radius 1 is 1.15 bits per heavy atom. The lowest BCUT2D eigenvalue weighted by Crippen LogP contribution is -2.36. The van der Waals surface area contributed by atoms with Gasteiger partial charge in [0.2, 0.25) is 0 Å². The van der Waals surface area contributed by atoms with E-state index in [1.165, 1.54) is 19.2 Å². The molecule has 0 spiro atoms. The third kappa shape index (κ3) is 4.50. The van der Waals surface area contributed by atoms with Gasteiger partial charge in [0.15, 0.2) is 0 Å². The lowest BCUT2D eigenvalue weighted by molar-refractivity contribution is -0.138. The van der Waals surface area contributed by atoms with Crippen molar-refractivity contribution in [1.82, 2.24) is 25.7 Å². The normalized spacial score (nSPS) is 13.6. The minimum atomic E-state index is -4.54. The molecule has 1 aromatic carbocycles. The molecule has 0 atom stereocenters. The van der Waals surface area contributed by atoms with Crippen molar-refractivity contribution in [3.05, 3.63) is 74.9 Å². The summed E-state index contributed by atoms with van der Waals surface area (Å²) in [6, 6.07) is 3.95. The first kappa shape index (κ1) is 23.8. The van der Waals surface area contributed by atoms with Crippen LogP contribution in [-0.4, -0.2) is 20.7 Å². The maximum Gasteiger partial charge on any atom is 0.416 e. The summed E-state index contributed by atoms with van der Waals surface area (Å²) in [4.78, 5) is 17.1. The first-order valence-corrected chi connectivity index (χ1v) is 10.9. The molecule has 1 amide bonds. The predicted molar refractivity (Wildman–Crippen MR) is 125 cm³/mol. The maximum absolute atomic E-state index is 13.3. The highest BCUT2D eigenvalue weighted by atomic mass is 79.9. The lowest BCUT2D eigenvalue weighted by Gasteiger charge is -2.18. The summed E-state index contributed by atoms with van der Waals surface area (Å²) in [5.74, 6) is -0.586. The summed E-state index contributed by atoms with van der Waals surface area (Å²) in [6.45, 7) is 5.09. The van der Waals surface area contributed by atoms with Crippen LogP contribution in [0.15, 0.2) is 41.3 Å². The molecular weight excluding hydrogens is 515 g/mol. The highest BCUT2D eigenvalue weighted by molar-refractivity contribution is 9.10.